The lowest BCUT2D eigenvalue weighted by Crippen LogP contribution is -2.45. The van der Waals surface area contributed by atoms with Crippen LogP contribution in [0.2, 0.25) is 0 Å². The number of amides is 3. The number of imide groups is 1. The topological polar surface area (TPSA) is 66.5 Å². The number of carbonyl (C=O) groups is 3. The monoisotopic (exact) mass is 386 g/mol. The first-order valence-corrected chi connectivity index (χ1v) is 8.23. The highest BCUT2D eigenvalue weighted by Gasteiger charge is 2.40. The summed E-state index contributed by atoms with van der Waals surface area (Å²) in [6, 6.07) is 11.1. The summed E-state index contributed by atoms with van der Waals surface area (Å²) in [5.74, 6) is -1.29. The molecule has 2 aromatic carbocycles. The third-order valence-electron chi connectivity index (χ3n) is 4.04. The van der Waals surface area contributed by atoms with Crippen LogP contribution in [0.15, 0.2) is 46.9 Å². The fourth-order valence-corrected chi connectivity index (χ4v) is 3.16. The SMILES string of the molecule is Cc1cc(Br)ccc1NC(=O)C(C)N1C(=O)c2ccccc2C1=O. The quantitative estimate of drug-likeness (QED) is 0.822. The highest BCUT2D eigenvalue weighted by Crippen LogP contribution is 2.25. The Morgan fingerprint density at radius 1 is 1.08 bits per heavy atom. The van der Waals surface area contributed by atoms with Crippen LogP contribution in [0.1, 0.15) is 33.2 Å². The molecule has 0 aromatic heterocycles. The van der Waals surface area contributed by atoms with E-state index in [1.165, 1.54) is 0 Å². The third kappa shape index (κ3) is 2.73. The van der Waals surface area contributed by atoms with Crippen LogP contribution >= 0.6 is 15.9 Å². The predicted molar refractivity (Wildman–Crippen MR) is 93.9 cm³/mol. The maximum Gasteiger partial charge on any atom is 0.262 e. The van der Waals surface area contributed by atoms with Gasteiger partial charge in [0.2, 0.25) is 5.91 Å². The maximum absolute atomic E-state index is 12.5. The van der Waals surface area contributed by atoms with Gasteiger partial charge in [0.15, 0.2) is 0 Å². The van der Waals surface area contributed by atoms with Crippen LogP contribution in [0.3, 0.4) is 0 Å². The fourth-order valence-electron chi connectivity index (χ4n) is 2.68. The number of hydrogen-bond acceptors (Lipinski definition) is 3. The van der Waals surface area contributed by atoms with Crippen molar-refractivity contribution in [2.75, 3.05) is 5.32 Å². The Balaban J connectivity index is 1.82. The lowest BCUT2D eigenvalue weighted by atomic mass is 10.1. The molecule has 122 valence electrons. The van der Waals surface area contributed by atoms with Gasteiger partial charge in [0.05, 0.1) is 11.1 Å². The third-order valence-corrected chi connectivity index (χ3v) is 4.53. The van der Waals surface area contributed by atoms with E-state index in [1.54, 1.807) is 37.3 Å². The summed E-state index contributed by atoms with van der Waals surface area (Å²) in [5.41, 5.74) is 2.20. The molecule has 0 spiro atoms. The molecule has 1 heterocycles. The smallest absolute Gasteiger partial charge is 0.262 e. The molecule has 2 aromatic rings. The normalized spacial score (nSPS) is 14.5. The number of nitrogens with one attached hydrogen (secondary N) is 1. The van der Waals surface area contributed by atoms with E-state index in [-0.39, 0.29) is 0 Å². The van der Waals surface area contributed by atoms with Crippen LogP contribution in [-0.4, -0.2) is 28.7 Å². The minimum absolute atomic E-state index is 0.335. The molecule has 5 nitrogen and oxygen atoms in total. The van der Waals surface area contributed by atoms with Crippen molar-refractivity contribution >= 4 is 39.3 Å². The summed E-state index contributed by atoms with van der Waals surface area (Å²) in [4.78, 5) is 38.4. The Morgan fingerprint density at radius 2 is 1.67 bits per heavy atom. The van der Waals surface area contributed by atoms with Crippen molar-refractivity contribution in [2.45, 2.75) is 19.9 Å². The summed E-state index contributed by atoms with van der Waals surface area (Å²) >= 11 is 3.37. The fraction of sp³-hybridized carbons (Fsp3) is 0.167. The molecule has 0 saturated carbocycles. The minimum Gasteiger partial charge on any atom is -0.324 e. The van der Waals surface area contributed by atoms with Gasteiger partial charge in [0.1, 0.15) is 6.04 Å². The van der Waals surface area contributed by atoms with E-state index < -0.39 is 23.8 Å². The Morgan fingerprint density at radius 3 is 2.21 bits per heavy atom. The molecule has 6 heteroatoms. The van der Waals surface area contributed by atoms with E-state index in [1.807, 2.05) is 19.1 Å². The second-order valence-electron chi connectivity index (χ2n) is 5.65. The first kappa shape index (κ1) is 16.4. The van der Waals surface area contributed by atoms with E-state index in [4.69, 9.17) is 0 Å². The highest BCUT2D eigenvalue weighted by molar-refractivity contribution is 9.10. The van der Waals surface area contributed by atoms with Gasteiger partial charge in [0, 0.05) is 10.2 Å². The maximum atomic E-state index is 12.5. The van der Waals surface area contributed by atoms with Gasteiger partial charge < -0.3 is 5.32 Å². The molecule has 1 N–H and O–H groups in total. The number of nitrogens with zero attached hydrogens (tertiary/aromatic N) is 1. The molecule has 0 aliphatic carbocycles. The van der Waals surface area contributed by atoms with Crippen molar-refractivity contribution in [2.24, 2.45) is 0 Å². The summed E-state index contributed by atoms with van der Waals surface area (Å²) in [7, 11) is 0. The zero-order valence-electron chi connectivity index (χ0n) is 13.2. The second-order valence-corrected chi connectivity index (χ2v) is 6.57. The molecular formula is C18H15BrN2O3. The molecule has 0 fully saturated rings. The van der Waals surface area contributed by atoms with Crippen LogP contribution < -0.4 is 5.32 Å². The molecule has 1 atom stereocenters. The lowest BCUT2D eigenvalue weighted by molar-refractivity contribution is -0.119. The largest absolute Gasteiger partial charge is 0.324 e. The van der Waals surface area contributed by atoms with E-state index in [9.17, 15) is 14.4 Å². The van der Waals surface area contributed by atoms with Crippen LogP contribution in [0, 0.1) is 6.92 Å². The molecule has 1 unspecified atom stereocenters. The lowest BCUT2D eigenvalue weighted by Gasteiger charge is -2.22. The molecule has 1 aliphatic heterocycles. The van der Waals surface area contributed by atoms with E-state index >= 15 is 0 Å². The van der Waals surface area contributed by atoms with Gasteiger partial charge in [-0.2, -0.15) is 0 Å². The first-order chi connectivity index (χ1) is 11.4. The van der Waals surface area contributed by atoms with Gasteiger partial charge in [-0.15, -0.1) is 0 Å². The number of benzene rings is 2. The number of carbonyl (C=O) groups excluding carboxylic acids is 3. The molecule has 0 saturated heterocycles. The summed E-state index contributed by atoms with van der Waals surface area (Å²) < 4.78 is 0.909. The van der Waals surface area contributed by atoms with Crippen molar-refractivity contribution < 1.29 is 14.4 Å². The second kappa shape index (κ2) is 6.20. The van der Waals surface area contributed by atoms with Gasteiger partial charge in [-0.05, 0) is 49.7 Å². The molecule has 0 radical (unpaired) electrons. The zero-order chi connectivity index (χ0) is 17.4. The van der Waals surface area contributed by atoms with Gasteiger partial charge >= 0.3 is 0 Å². The average molecular weight is 387 g/mol. The van der Waals surface area contributed by atoms with Crippen LogP contribution in [0.25, 0.3) is 0 Å². The van der Waals surface area contributed by atoms with Gasteiger partial charge in [-0.3, -0.25) is 19.3 Å². The van der Waals surface area contributed by atoms with Crippen LogP contribution in [-0.2, 0) is 4.79 Å². The Kier molecular flexibility index (Phi) is 4.24. The Labute approximate surface area is 147 Å². The van der Waals surface area contributed by atoms with Gasteiger partial charge in [0.25, 0.3) is 11.8 Å². The van der Waals surface area contributed by atoms with Crippen molar-refractivity contribution in [3.63, 3.8) is 0 Å². The zero-order valence-corrected chi connectivity index (χ0v) is 14.8. The Hall–Kier alpha value is -2.47. The molecule has 3 rings (SSSR count). The van der Waals surface area contributed by atoms with E-state index in [0.29, 0.717) is 16.8 Å². The predicted octanol–water partition coefficient (Wildman–Crippen LogP) is 3.38. The first-order valence-electron chi connectivity index (χ1n) is 7.44. The standard InChI is InChI=1S/C18H15BrN2O3/c1-10-9-12(19)7-8-15(10)20-16(22)11(2)21-17(23)13-5-3-4-6-14(13)18(21)24/h3-9,11H,1-2H3,(H,20,22). The molecular weight excluding hydrogens is 372 g/mol. The van der Waals surface area contributed by atoms with Gasteiger partial charge in [-0.1, -0.05) is 28.1 Å². The van der Waals surface area contributed by atoms with Crippen LogP contribution in [0.5, 0.6) is 0 Å². The summed E-state index contributed by atoms with van der Waals surface area (Å²) in [6.07, 6.45) is 0. The number of halogens is 1. The van der Waals surface area contributed by atoms with Crippen molar-refractivity contribution in [1.29, 1.82) is 0 Å². The number of anilines is 1. The highest BCUT2D eigenvalue weighted by atomic mass is 79.9. The van der Waals surface area contributed by atoms with Gasteiger partial charge in [-0.25, -0.2) is 0 Å². The number of aryl methyl sites for hydroxylation is 1. The summed E-state index contributed by atoms with van der Waals surface area (Å²) in [5, 5.41) is 2.78. The molecule has 1 aliphatic rings. The van der Waals surface area contributed by atoms with Crippen LogP contribution in [0.4, 0.5) is 5.69 Å². The molecule has 0 bridgehead atoms. The average Bonchev–Trinajstić information content (AvgIpc) is 2.81. The Bertz CT molecular complexity index is 828. The summed E-state index contributed by atoms with van der Waals surface area (Å²) in [6.45, 7) is 3.41. The number of rotatable bonds is 3. The molecule has 24 heavy (non-hydrogen) atoms. The number of fused-ring (bicyclic) bond motifs is 1. The van der Waals surface area contributed by atoms with E-state index in [0.717, 1.165) is 14.9 Å². The minimum atomic E-state index is -0.902. The molecule has 3 amide bonds. The van der Waals surface area contributed by atoms with Crippen molar-refractivity contribution in [3.05, 3.63) is 63.6 Å². The van der Waals surface area contributed by atoms with E-state index in [2.05, 4.69) is 21.2 Å². The van der Waals surface area contributed by atoms with Crippen molar-refractivity contribution in [1.82, 2.24) is 4.90 Å². The van der Waals surface area contributed by atoms with Crippen molar-refractivity contribution in [3.8, 4) is 0 Å². The number of hydrogen-bond donors (Lipinski definition) is 1.